The molecular formula is C18H22N4O. The summed E-state index contributed by atoms with van der Waals surface area (Å²) in [6.07, 6.45) is 2.78. The van der Waals surface area contributed by atoms with Crippen LogP contribution in [0.15, 0.2) is 42.6 Å². The van der Waals surface area contributed by atoms with E-state index in [2.05, 4.69) is 51.7 Å². The average molecular weight is 310 g/mol. The van der Waals surface area contributed by atoms with E-state index in [9.17, 15) is 0 Å². The molecule has 0 unspecified atom stereocenters. The number of anilines is 1. The van der Waals surface area contributed by atoms with E-state index in [1.807, 2.05) is 6.20 Å². The van der Waals surface area contributed by atoms with Gasteiger partial charge in [0.2, 0.25) is 0 Å². The van der Waals surface area contributed by atoms with E-state index < -0.39 is 0 Å². The fourth-order valence-electron chi connectivity index (χ4n) is 2.79. The first-order valence-corrected chi connectivity index (χ1v) is 7.82. The van der Waals surface area contributed by atoms with Crippen molar-refractivity contribution < 1.29 is 4.74 Å². The zero-order valence-electron chi connectivity index (χ0n) is 13.3. The van der Waals surface area contributed by atoms with Gasteiger partial charge in [0, 0.05) is 25.2 Å². The summed E-state index contributed by atoms with van der Waals surface area (Å²) in [6.45, 7) is 2.00. The Morgan fingerprint density at radius 3 is 2.91 bits per heavy atom. The van der Waals surface area contributed by atoms with Crippen LogP contribution in [-0.2, 0) is 11.2 Å². The predicted molar refractivity (Wildman–Crippen MR) is 94.7 cm³/mol. The molecule has 1 aromatic carbocycles. The Bertz CT molecular complexity index is 782. The topological polar surface area (TPSA) is 76.0 Å². The number of H-pyrrole nitrogens is 1. The first-order valence-electron chi connectivity index (χ1n) is 7.82. The molecule has 0 aliphatic rings. The molecule has 120 valence electrons. The highest BCUT2D eigenvalue weighted by Gasteiger charge is 2.11. The summed E-state index contributed by atoms with van der Waals surface area (Å²) >= 11 is 0. The molecule has 0 saturated carbocycles. The summed E-state index contributed by atoms with van der Waals surface area (Å²) in [4.78, 5) is 7.83. The van der Waals surface area contributed by atoms with Crippen LogP contribution in [0.4, 0.5) is 5.82 Å². The van der Waals surface area contributed by atoms with Crippen molar-refractivity contribution in [3.8, 4) is 11.1 Å². The average Bonchev–Trinajstić information content (AvgIpc) is 3.04. The van der Waals surface area contributed by atoms with Crippen LogP contribution in [0.5, 0.6) is 0 Å². The van der Waals surface area contributed by atoms with Crippen LogP contribution >= 0.6 is 0 Å². The van der Waals surface area contributed by atoms with Crippen molar-refractivity contribution in [1.29, 1.82) is 0 Å². The van der Waals surface area contributed by atoms with Crippen LogP contribution in [-0.4, -0.2) is 36.8 Å². The molecule has 0 radical (unpaired) electrons. The Balaban J connectivity index is 2.07. The smallest absolute Gasteiger partial charge is 0.140 e. The Hall–Kier alpha value is -2.37. The van der Waals surface area contributed by atoms with E-state index in [0.717, 1.165) is 29.8 Å². The zero-order chi connectivity index (χ0) is 16.1. The second-order valence-corrected chi connectivity index (χ2v) is 5.41. The number of nitrogens with one attached hydrogen (secondary N) is 2. The van der Waals surface area contributed by atoms with Crippen molar-refractivity contribution in [2.45, 2.75) is 6.42 Å². The van der Waals surface area contributed by atoms with Gasteiger partial charge in [0.1, 0.15) is 11.5 Å². The third kappa shape index (κ3) is 3.36. The van der Waals surface area contributed by atoms with E-state index in [4.69, 9.17) is 10.5 Å². The highest BCUT2D eigenvalue weighted by molar-refractivity contribution is 5.95. The molecule has 3 aromatic rings. The number of ether oxygens (including phenoxy) is 1. The predicted octanol–water partition coefficient (Wildman–Crippen LogP) is 2.79. The highest BCUT2D eigenvalue weighted by atomic mass is 16.5. The number of hydrogen-bond acceptors (Lipinski definition) is 4. The Kier molecular flexibility index (Phi) is 4.90. The fourth-order valence-corrected chi connectivity index (χ4v) is 2.79. The number of rotatable bonds is 7. The second-order valence-electron chi connectivity index (χ2n) is 5.41. The largest absolute Gasteiger partial charge is 0.383 e. The molecule has 2 aromatic heterocycles. The van der Waals surface area contributed by atoms with E-state index in [1.165, 1.54) is 16.7 Å². The van der Waals surface area contributed by atoms with Gasteiger partial charge in [-0.05, 0) is 41.8 Å². The van der Waals surface area contributed by atoms with E-state index >= 15 is 0 Å². The van der Waals surface area contributed by atoms with Crippen molar-refractivity contribution in [2.24, 2.45) is 5.73 Å². The van der Waals surface area contributed by atoms with Gasteiger partial charge in [-0.25, -0.2) is 4.98 Å². The van der Waals surface area contributed by atoms with Gasteiger partial charge in [0.25, 0.3) is 0 Å². The molecule has 4 N–H and O–H groups in total. The second kappa shape index (κ2) is 7.26. The molecule has 0 amide bonds. The first kappa shape index (κ1) is 15.5. The van der Waals surface area contributed by atoms with Gasteiger partial charge in [-0.3, -0.25) is 0 Å². The van der Waals surface area contributed by atoms with Crippen LogP contribution in [0.25, 0.3) is 22.2 Å². The van der Waals surface area contributed by atoms with E-state index in [1.54, 1.807) is 7.11 Å². The maximum atomic E-state index is 5.77. The summed E-state index contributed by atoms with van der Waals surface area (Å²) in [6, 6.07) is 12.6. The summed E-state index contributed by atoms with van der Waals surface area (Å²) in [7, 11) is 1.69. The molecule has 0 spiro atoms. The van der Waals surface area contributed by atoms with Gasteiger partial charge >= 0.3 is 0 Å². The molecule has 0 aliphatic carbocycles. The standard InChI is InChI=1S/C18H22N4O/c1-23-11-10-20-17-12-16(15-7-9-21-18(15)22-17)14-5-3-2-4-13(14)6-8-19/h2-5,7,9,12H,6,8,10-11,19H2,1H3,(H2,20,21,22). The molecule has 3 rings (SSSR count). The maximum Gasteiger partial charge on any atom is 0.140 e. The number of benzene rings is 1. The molecular weight excluding hydrogens is 288 g/mol. The minimum Gasteiger partial charge on any atom is -0.383 e. The van der Waals surface area contributed by atoms with Gasteiger partial charge in [-0.1, -0.05) is 24.3 Å². The Labute approximate surface area is 135 Å². The maximum absolute atomic E-state index is 5.77. The summed E-state index contributed by atoms with van der Waals surface area (Å²) < 4.78 is 5.09. The van der Waals surface area contributed by atoms with E-state index in [0.29, 0.717) is 13.2 Å². The fraction of sp³-hybridized carbons (Fsp3) is 0.278. The van der Waals surface area contributed by atoms with Crippen molar-refractivity contribution in [3.63, 3.8) is 0 Å². The number of hydrogen-bond donors (Lipinski definition) is 3. The molecule has 5 nitrogen and oxygen atoms in total. The third-order valence-corrected chi connectivity index (χ3v) is 3.86. The zero-order valence-corrected chi connectivity index (χ0v) is 13.3. The number of nitrogens with zero attached hydrogens (tertiary/aromatic N) is 1. The summed E-state index contributed by atoms with van der Waals surface area (Å²) in [5.41, 5.74) is 10.3. The van der Waals surface area contributed by atoms with Crippen LogP contribution in [0, 0.1) is 0 Å². The quantitative estimate of drug-likeness (QED) is 0.587. The van der Waals surface area contributed by atoms with Crippen molar-refractivity contribution >= 4 is 16.9 Å². The highest BCUT2D eigenvalue weighted by Crippen LogP contribution is 2.32. The van der Waals surface area contributed by atoms with E-state index in [-0.39, 0.29) is 0 Å². The molecule has 0 atom stereocenters. The van der Waals surface area contributed by atoms with Gasteiger partial charge < -0.3 is 20.8 Å². The van der Waals surface area contributed by atoms with Crippen LogP contribution in [0.3, 0.4) is 0 Å². The number of methoxy groups -OCH3 is 1. The Morgan fingerprint density at radius 1 is 1.22 bits per heavy atom. The summed E-state index contributed by atoms with van der Waals surface area (Å²) in [5, 5.41) is 4.43. The molecule has 0 aliphatic heterocycles. The Morgan fingerprint density at radius 2 is 2.09 bits per heavy atom. The number of aromatic amines is 1. The molecule has 23 heavy (non-hydrogen) atoms. The van der Waals surface area contributed by atoms with Gasteiger partial charge in [0.15, 0.2) is 0 Å². The first-order chi connectivity index (χ1) is 11.3. The van der Waals surface area contributed by atoms with Gasteiger partial charge in [0.05, 0.1) is 6.61 Å². The summed E-state index contributed by atoms with van der Waals surface area (Å²) in [5.74, 6) is 0.842. The monoisotopic (exact) mass is 310 g/mol. The molecule has 0 saturated heterocycles. The normalized spacial score (nSPS) is 11.0. The lowest BCUT2D eigenvalue weighted by atomic mass is 9.96. The minimum atomic E-state index is 0.636. The van der Waals surface area contributed by atoms with Gasteiger partial charge in [-0.2, -0.15) is 0 Å². The van der Waals surface area contributed by atoms with Crippen molar-refractivity contribution in [2.75, 3.05) is 32.1 Å². The third-order valence-electron chi connectivity index (χ3n) is 3.86. The lowest BCUT2D eigenvalue weighted by Crippen LogP contribution is -2.09. The molecule has 0 fully saturated rings. The molecule has 0 bridgehead atoms. The van der Waals surface area contributed by atoms with Crippen molar-refractivity contribution in [3.05, 3.63) is 48.2 Å². The number of fused-ring (bicyclic) bond motifs is 1. The van der Waals surface area contributed by atoms with Gasteiger partial charge in [-0.15, -0.1) is 0 Å². The van der Waals surface area contributed by atoms with Crippen LogP contribution in [0.2, 0.25) is 0 Å². The van der Waals surface area contributed by atoms with Crippen molar-refractivity contribution in [1.82, 2.24) is 9.97 Å². The van der Waals surface area contributed by atoms with Crippen LogP contribution < -0.4 is 11.1 Å². The molecule has 5 heteroatoms. The van der Waals surface area contributed by atoms with Crippen LogP contribution in [0.1, 0.15) is 5.56 Å². The lowest BCUT2D eigenvalue weighted by molar-refractivity contribution is 0.210. The molecule has 2 heterocycles. The lowest BCUT2D eigenvalue weighted by Gasteiger charge is -2.12. The SMILES string of the molecule is COCCNc1cc(-c2ccccc2CCN)c2cc[nH]c2n1. The minimum absolute atomic E-state index is 0.636. The number of pyridine rings is 1. The number of nitrogens with two attached hydrogens (primary N) is 1. The number of aromatic nitrogens is 2.